The molecule has 2 aromatic heterocycles. The lowest BCUT2D eigenvalue weighted by Crippen LogP contribution is -2.17. The lowest BCUT2D eigenvalue weighted by molar-refractivity contribution is 0.0967. The van der Waals surface area contributed by atoms with E-state index in [-0.39, 0.29) is 11.7 Å². The molecule has 1 aliphatic carbocycles. The van der Waals surface area contributed by atoms with Crippen molar-refractivity contribution >= 4 is 11.7 Å². The molecule has 150 valence electrons. The van der Waals surface area contributed by atoms with E-state index in [1.807, 2.05) is 54.6 Å². The second kappa shape index (κ2) is 9.13. The maximum atomic E-state index is 12.6. The van der Waals surface area contributed by atoms with Crippen LogP contribution in [-0.2, 0) is 6.54 Å². The van der Waals surface area contributed by atoms with Crippen molar-refractivity contribution < 1.29 is 4.79 Å². The minimum absolute atomic E-state index is 0.0908. The summed E-state index contributed by atoms with van der Waals surface area (Å²) < 4.78 is 0. The van der Waals surface area contributed by atoms with E-state index in [9.17, 15) is 4.79 Å². The van der Waals surface area contributed by atoms with Crippen LogP contribution < -0.4 is 11.1 Å². The van der Waals surface area contributed by atoms with Crippen LogP contribution >= 0.6 is 0 Å². The Bertz CT molecular complexity index is 1070. The Balaban J connectivity index is 1.36. The van der Waals surface area contributed by atoms with Gasteiger partial charge in [-0.1, -0.05) is 36.4 Å². The number of carbonyl (C=O) groups excluding carboxylic acids is 1. The Morgan fingerprint density at radius 1 is 1.13 bits per heavy atom. The van der Waals surface area contributed by atoms with Crippen molar-refractivity contribution in [2.24, 2.45) is 11.7 Å². The average molecular weight is 397 g/mol. The van der Waals surface area contributed by atoms with Gasteiger partial charge in [-0.2, -0.15) is 0 Å². The molecule has 0 amide bonds. The number of hydrogen-bond donors (Lipinski definition) is 2. The second-order valence-electron chi connectivity index (χ2n) is 7.21. The summed E-state index contributed by atoms with van der Waals surface area (Å²) >= 11 is 0. The van der Waals surface area contributed by atoms with Gasteiger partial charge in [-0.25, -0.2) is 9.97 Å². The van der Waals surface area contributed by atoms with Gasteiger partial charge in [0.1, 0.15) is 0 Å². The third-order valence-corrected chi connectivity index (χ3v) is 5.09. The highest BCUT2D eigenvalue weighted by atomic mass is 16.1. The Morgan fingerprint density at radius 3 is 2.77 bits per heavy atom. The molecule has 6 nitrogen and oxygen atoms in total. The lowest BCUT2D eigenvalue weighted by atomic mass is 9.90. The number of benzene rings is 1. The van der Waals surface area contributed by atoms with Crippen LogP contribution in [0.3, 0.4) is 0 Å². The van der Waals surface area contributed by atoms with Gasteiger partial charge >= 0.3 is 0 Å². The molecule has 4 rings (SSSR count). The zero-order valence-electron chi connectivity index (χ0n) is 16.5. The van der Waals surface area contributed by atoms with E-state index < -0.39 is 0 Å². The molecule has 1 unspecified atom stereocenters. The van der Waals surface area contributed by atoms with Crippen molar-refractivity contribution in [2.45, 2.75) is 19.4 Å². The Labute approximate surface area is 175 Å². The fourth-order valence-electron chi connectivity index (χ4n) is 3.35. The molecule has 0 aliphatic heterocycles. The quantitative estimate of drug-likeness (QED) is 0.582. The van der Waals surface area contributed by atoms with Crippen molar-refractivity contribution in [3.8, 4) is 11.3 Å². The van der Waals surface area contributed by atoms with Gasteiger partial charge in [-0.3, -0.25) is 9.78 Å². The van der Waals surface area contributed by atoms with Gasteiger partial charge in [0.2, 0.25) is 5.95 Å². The summed E-state index contributed by atoms with van der Waals surface area (Å²) in [6.07, 6.45) is 12.3. The van der Waals surface area contributed by atoms with Crippen molar-refractivity contribution in [3.63, 3.8) is 0 Å². The van der Waals surface area contributed by atoms with Crippen LogP contribution in [0.1, 0.15) is 28.8 Å². The van der Waals surface area contributed by atoms with E-state index in [4.69, 9.17) is 5.73 Å². The Kier molecular flexibility index (Phi) is 5.94. The Hall–Kier alpha value is -3.80. The van der Waals surface area contributed by atoms with E-state index in [0.717, 1.165) is 28.9 Å². The predicted molar refractivity (Wildman–Crippen MR) is 117 cm³/mol. The van der Waals surface area contributed by atoms with Crippen molar-refractivity contribution in [1.29, 1.82) is 0 Å². The largest absolute Gasteiger partial charge is 0.402 e. The summed E-state index contributed by atoms with van der Waals surface area (Å²) in [4.78, 5) is 25.5. The minimum Gasteiger partial charge on any atom is -0.402 e. The van der Waals surface area contributed by atoms with Gasteiger partial charge in [0, 0.05) is 54.3 Å². The first kappa shape index (κ1) is 19.5. The number of allylic oxidation sites excluding steroid dienone is 4. The summed E-state index contributed by atoms with van der Waals surface area (Å²) in [6, 6.07) is 13.3. The molecule has 6 heteroatoms. The van der Waals surface area contributed by atoms with Gasteiger partial charge in [0.15, 0.2) is 5.78 Å². The molecule has 0 saturated carbocycles. The molecule has 0 spiro atoms. The fourth-order valence-corrected chi connectivity index (χ4v) is 3.35. The lowest BCUT2D eigenvalue weighted by Gasteiger charge is -2.17. The summed E-state index contributed by atoms with van der Waals surface area (Å²) in [5.74, 6) is 0.746. The van der Waals surface area contributed by atoms with Crippen molar-refractivity contribution in [1.82, 2.24) is 15.0 Å². The third-order valence-electron chi connectivity index (χ3n) is 5.09. The third kappa shape index (κ3) is 4.78. The molecule has 1 atom stereocenters. The van der Waals surface area contributed by atoms with Crippen LogP contribution in [0.25, 0.3) is 11.3 Å². The van der Waals surface area contributed by atoms with E-state index in [1.165, 1.54) is 0 Å². The van der Waals surface area contributed by atoms with Crippen LogP contribution in [0.5, 0.6) is 0 Å². The highest BCUT2D eigenvalue weighted by Crippen LogP contribution is 2.22. The maximum absolute atomic E-state index is 12.6. The number of anilines is 1. The summed E-state index contributed by atoms with van der Waals surface area (Å²) in [5.41, 5.74) is 10.3. The molecule has 0 fully saturated rings. The number of aromatic nitrogens is 3. The number of nitrogens with one attached hydrogen (secondary N) is 1. The van der Waals surface area contributed by atoms with Crippen LogP contribution in [-0.4, -0.2) is 20.7 Å². The standard InChI is InChI=1S/C24H23N5O/c25-21-6-2-1-4-19(21)14-23(30)18-9-7-17(8-10-18)15-28-24-27-13-11-22(29-24)20-5-3-12-26-16-20/h1-3,5-13,16,19H,4,14-15,25H2,(H,27,28,29). The van der Waals surface area contributed by atoms with Gasteiger partial charge in [-0.15, -0.1) is 0 Å². The molecule has 1 aliphatic rings. The molecular formula is C24H23N5O. The van der Waals surface area contributed by atoms with Crippen molar-refractivity contribution in [3.05, 3.63) is 96.1 Å². The second-order valence-corrected chi connectivity index (χ2v) is 7.21. The molecule has 1 aromatic carbocycles. The monoisotopic (exact) mass is 397 g/mol. The van der Waals surface area contributed by atoms with E-state index >= 15 is 0 Å². The Morgan fingerprint density at radius 2 is 2.00 bits per heavy atom. The highest BCUT2D eigenvalue weighted by molar-refractivity contribution is 5.96. The smallest absolute Gasteiger partial charge is 0.223 e. The van der Waals surface area contributed by atoms with Gasteiger partial charge in [0.05, 0.1) is 5.69 Å². The molecule has 2 heterocycles. The van der Waals surface area contributed by atoms with Gasteiger partial charge in [0.25, 0.3) is 0 Å². The minimum atomic E-state index is 0.0908. The summed E-state index contributed by atoms with van der Waals surface area (Å²) in [5, 5.41) is 3.23. The van der Waals surface area contributed by atoms with Crippen LogP contribution in [0.4, 0.5) is 5.95 Å². The average Bonchev–Trinajstić information content (AvgIpc) is 2.80. The van der Waals surface area contributed by atoms with Gasteiger partial charge < -0.3 is 11.1 Å². The van der Waals surface area contributed by atoms with Crippen LogP contribution in [0.2, 0.25) is 0 Å². The number of rotatable bonds is 7. The number of nitrogens with two attached hydrogens (primary N) is 1. The summed E-state index contributed by atoms with van der Waals surface area (Å²) in [7, 11) is 0. The van der Waals surface area contributed by atoms with Crippen molar-refractivity contribution in [2.75, 3.05) is 5.32 Å². The van der Waals surface area contributed by atoms with Gasteiger partial charge in [-0.05, 0) is 36.3 Å². The molecule has 3 aromatic rings. The molecule has 0 radical (unpaired) electrons. The highest BCUT2D eigenvalue weighted by Gasteiger charge is 2.18. The fraction of sp³-hybridized carbons (Fsp3) is 0.167. The first-order valence-corrected chi connectivity index (χ1v) is 9.91. The van der Waals surface area contributed by atoms with E-state index in [2.05, 4.69) is 26.3 Å². The maximum Gasteiger partial charge on any atom is 0.223 e. The topological polar surface area (TPSA) is 93.8 Å². The number of carbonyl (C=O) groups is 1. The number of pyridine rings is 1. The molecule has 0 saturated heterocycles. The zero-order chi connectivity index (χ0) is 20.8. The molecule has 3 N–H and O–H groups in total. The van der Waals surface area contributed by atoms with E-state index in [0.29, 0.717) is 24.5 Å². The van der Waals surface area contributed by atoms with E-state index in [1.54, 1.807) is 18.6 Å². The number of nitrogens with zero attached hydrogens (tertiary/aromatic N) is 3. The number of hydrogen-bond acceptors (Lipinski definition) is 6. The predicted octanol–water partition coefficient (Wildman–Crippen LogP) is 4.14. The molecular weight excluding hydrogens is 374 g/mol. The zero-order valence-corrected chi connectivity index (χ0v) is 16.5. The van der Waals surface area contributed by atoms with Crippen LogP contribution in [0, 0.1) is 5.92 Å². The SMILES string of the molecule is NC1=CC=CCC1CC(=O)c1ccc(CNc2nccc(-c3cccnc3)n2)cc1. The number of Topliss-reactive ketones (excluding diaryl/α,β-unsaturated/α-hetero) is 1. The first-order valence-electron chi connectivity index (χ1n) is 9.91. The summed E-state index contributed by atoms with van der Waals surface area (Å²) in [6.45, 7) is 0.564. The first-order chi connectivity index (χ1) is 14.7. The normalized spacial score (nSPS) is 15.5. The van der Waals surface area contributed by atoms with Crippen LogP contribution in [0.15, 0.2) is 85.0 Å². The number of ketones is 1. The molecule has 30 heavy (non-hydrogen) atoms. The molecule has 0 bridgehead atoms.